The van der Waals surface area contributed by atoms with Gasteiger partial charge in [0.05, 0.1) is 11.2 Å². The van der Waals surface area contributed by atoms with E-state index in [2.05, 4.69) is 10.2 Å². The van der Waals surface area contributed by atoms with E-state index in [9.17, 15) is 4.79 Å². The number of rotatable bonds is 2. The minimum absolute atomic E-state index is 0.195. The van der Waals surface area contributed by atoms with E-state index in [1.807, 2.05) is 52.0 Å². The van der Waals surface area contributed by atoms with E-state index in [-0.39, 0.29) is 11.5 Å². The van der Waals surface area contributed by atoms with E-state index in [4.69, 9.17) is 5.73 Å². The third-order valence-corrected chi connectivity index (χ3v) is 4.22. The molecule has 0 amide bonds. The van der Waals surface area contributed by atoms with Gasteiger partial charge in [-0.15, -0.1) is 10.2 Å². The number of anilines is 1. The Morgan fingerprint density at radius 2 is 1.65 bits per heavy atom. The minimum Gasteiger partial charge on any atom is -0.396 e. The molecule has 0 aliphatic carbocycles. The average Bonchev–Trinajstić information content (AvgIpc) is 2.50. The lowest BCUT2D eigenvalue weighted by molar-refractivity contribution is 0.103. The van der Waals surface area contributed by atoms with Gasteiger partial charge in [0.25, 0.3) is 0 Å². The fourth-order valence-corrected chi connectivity index (χ4v) is 2.77. The third-order valence-electron chi connectivity index (χ3n) is 4.22. The van der Waals surface area contributed by atoms with Crippen molar-refractivity contribution in [3.8, 4) is 0 Å². The summed E-state index contributed by atoms with van der Waals surface area (Å²) in [5, 5.41) is 9.10. The van der Waals surface area contributed by atoms with Gasteiger partial charge in [-0.2, -0.15) is 0 Å². The van der Waals surface area contributed by atoms with Crippen molar-refractivity contribution in [1.29, 1.82) is 0 Å². The van der Waals surface area contributed by atoms with E-state index >= 15 is 0 Å². The van der Waals surface area contributed by atoms with Crippen molar-refractivity contribution in [2.75, 3.05) is 5.73 Å². The Morgan fingerprint density at radius 3 is 2.35 bits per heavy atom. The molecule has 4 heteroatoms. The van der Waals surface area contributed by atoms with Crippen molar-refractivity contribution in [3.63, 3.8) is 0 Å². The van der Waals surface area contributed by atoms with Gasteiger partial charge in [0.1, 0.15) is 0 Å². The minimum atomic E-state index is -0.195. The molecule has 3 rings (SSSR count). The number of carbonyl (C=O) groups excluding carboxylic acids is 1. The highest BCUT2D eigenvalue weighted by Gasteiger charge is 2.18. The van der Waals surface area contributed by atoms with E-state index in [0.29, 0.717) is 11.3 Å². The number of fused-ring (bicyclic) bond motifs is 1. The molecule has 0 unspecified atom stereocenters. The van der Waals surface area contributed by atoms with Crippen LogP contribution in [0.5, 0.6) is 0 Å². The number of nitrogens with two attached hydrogens (primary N) is 1. The van der Waals surface area contributed by atoms with Gasteiger partial charge in [-0.1, -0.05) is 23.8 Å². The highest BCUT2D eigenvalue weighted by Crippen LogP contribution is 2.27. The zero-order valence-corrected chi connectivity index (χ0v) is 13.8. The summed E-state index contributed by atoms with van der Waals surface area (Å²) in [5.74, 6) is -0.195. The van der Waals surface area contributed by atoms with Crippen LogP contribution < -0.4 is 5.73 Å². The molecule has 0 radical (unpaired) electrons. The summed E-state index contributed by atoms with van der Waals surface area (Å²) in [6.45, 7) is 7.96. The Hall–Kier alpha value is -2.75. The first-order chi connectivity index (χ1) is 10.9. The average molecular weight is 305 g/mol. The predicted molar refractivity (Wildman–Crippen MR) is 92.8 cm³/mol. The number of benzene rings is 2. The standard InChI is InChI=1S/C19H19N3O/c1-10-7-13(4)17-15(8-10)16(20)18(22-21-17)19(23)14-6-5-11(2)12(3)9-14/h5-9H,1-4H3,(H2,20,21). The van der Waals surface area contributed by atoms with Crippen LogP contribution in [-0.2, 0) is 0 Å². The fraction of sp³-hybridized carbons (Fsp3) is 0.211. The van der Waals surface area contributed by atoms with Gasteiger partial charge < -0.3 is 5.73 Å². The summed E-state index contributed by atoms with van der Waals surface area (Å²) in [6, 6.07) is 9.58. The second kappa shape index (κ2) is 5.47. The first-order valence-electron chi connectivity index (χ1n) is 7.53. The number of hydrogen-bond acceptors (Lipinski definition) is 4. The fourth-order valence-electron chi connectivity index (χ4n) is 2.77. The molecule has 23 heavy (non-hydrogen) atoms. The predicted octanol–water partition coefficient (Wildman–Crippen LogP) is 3.68. The Kier molecular flexibility index (Phi) is 3.60. The van der Waals surface area contributed by atoms with Crippen molar-refractivity contribution in [2.24, 2.45) is 0 Å². The van der Waals surface area contributed by atoms with Crippen molar-refractivity contribution in [3.05, 3.63) is 63.8 Å². The molecule has 2 aromatic carbocycles. The number of aromatic nitrogens is 2. The van der Waals surface area contributed by atoms with E-state index in [0.717, 1.165) is 33.2 Å². The lowest BCUT2D eigenvalue weighted by Gasteiger charge is -2.10. The third kappa shape index (κ3) is 2.57. The normalized spacial score (nSPS) is 11.0. The molecule has 0 bridgehead atoms. The van der Waals surface area contributed by atoms with Crippen LogP contribution in [0.1, 0.15) is 38.3 Å². The summed E-state index contributed by atoms with van der Waals surface area (Å²) in [7, 11) is 0. The lowest BCUT2D eigenvalue weighted by Crippen LogP contribution is -2.11. The maximum atomic E-state index is 12.8. The number of nitrogens with zero attached hydrogens (tertiary/aromatic N) is 2. The van der Waals surface area contributed by atoms with Crippen molar-refractivity contribution in [1.82, 2.24) is 10.2 Å². The summed E-state index contributed by atoms with van der Waals surface area (Å²) >= 11 is 0. The number of nitrogen functional groups attached to an aromatic ring is 1. The molecule has 0 spiro atoms. The molecule has 3 aromatic rings. The highest BCUT2D eigenvalue weighted by molar-refractivity contribution is 6.14. The molecule has 0 saturated carbocycles. The van der Waals surface area contributed by atoms with Crippen LogP contribution >= 0.6 is 0 Å². The van der Waals surface area contributed by atoms with Gasteiger partial charge in [-0.25, -0.2) is 0 Å². The molecule has 116 valence electrons. The zero-order chi connectivity index (χ0) is 16.7. The van der Waals surface area contributed by atoms with Crippen LogP contribution in [-0.4, -0.2) is 16.0 Å². The van der Waals surface area contributed by atoms with Gasteiger partial charge in [0.2, 0.25) is 5.78 Å². The molecule has 1 aromatic heterocycles. The molecule has 0 atom stereocenters. The molecule has 0 aliphatic heterocycles. The molecular formula is C19H19N3O. The summed E-state index contributed by atoms with van der Waals surface area (Å²) in [5.41, 5.74) is 12.5. The maximum Gasteiger partial charge on any atom is 0.215 e. The second-order valence-corrected chi connectivity index (χ2v) is 6.07. The molecule has 2 N–H and O–H groups in total. The van der Waals surface area contributed by atoms with E-state index < -0.39 is 0 Å². The van der Waals surface area contributed by atoms with Gasteiger partial charge in [-0.3, -0.25) is 4.79 Å². The molecule has 0 aliphatic rings. The molecule has 1 heterocycles. The van der Waals surface area contributed by atoms with Gasteiger partial charge >= 0.3 is 0 Å². The van der Waals surface area contributed by atoms with Crippen molar-refractivity contribution in [2.45, 2.75) is 27.7 Å². The number of ketones is 1. The number of carbonyl (C=O) groups is 1. The second-order valence-electron chi connectivity index (χ2n) is 6.07. The van der Waals surface area contributed by atoms with Crippen LogP contribution in [0.25, 0.3) is 10.9 Å². The van der Waals surface area contributed by atoms with E-state index in [1.54, 1.807) is 6.07 Å². The zero-order valence-electron chi connectivity index (χ0n) is 13.8. The molecular weight excluding hydrogens is 286 g/mol. The van der Waals surface area contributed by atoms with Crippen LogP contribution in [0.2, 0.25) is 0 Å². The molecule has 0 fully saturated rings. The highest BCUT2D eigenvalue weighted by atomic mass is 16.1. The SMILES string of the molecule is Cc1cc(C)c2nnc(C(=O)c3ccc(C)c(C)c3)c(N)c2c1. The van der Waals surface area contributed by atoms with Crippen molar-refractivity contribution >= 4 is 22.4 Å². The van der Waals surface area contributed by atoms with Gasteiger partial charge in [0, 0.05) is 10.9 Å². The van der Waals surface area contributed by atoms with Crippen LogP contribution in [0, 0.1) is 27.7 Å². The number of hydrogen-bond donors (Lipinski definition) is 1. The Bertz CT molecular complexity index is 945. The van der Waals surface area contributed by atoms with Crippen LogP contribution in [0.15, 0.2) is 30.3 Å². The first-order valence-corrected chi connectivity index (χ1v) is 7.53. The maximum absolute atomic E-state index is 12.8. The van der Waals surface area contributed by atoms with Gasteiger partial charge in [-0.05, 0) is 56.5 Å². The van der Waals surface area contributed by atoms with Crippen LogP contribution in [0.4, 0.5) is 5.69 Å². The van der Waals surface area contributed by atoms with Crippen molar-refractivity contribution < 1.29 is 4.79 Å². The molecule has 4 nitrogen and oxygen atoms in total. The van der Waals surface area contributed by atoms with E-state index in [1.165, 1.54) is 0 Å². The monoisotopic (exact) mass is 305 g/mol. The quantitative estimate of drug-likeness (QED) is 0.733. The first kappa shape index (κ1) is 15.2. The van der Waals surface area contributed by atoms with Gasteiger partial charge in [0.15, 0.2) is 5.69 Å². The molecule has 0 saturated heterocycles. The summed E-state index contributed by atoms with van der Waals surface area (Å²) in [4.78, 5) is 12.8. The Labute approximate surface area is 135 Å². The Balaban J connectivity index is 2.18. The number of aryl methyl sites for hydroxylation is 4. The summed E-state index contributed by atoms with van der Waals surface area (Å²) < 4.78 is 0. The smallest absolute Gasteiger partial charge is 0.215 e. The lowest BCUT2D eigenvalue weighted by atomic mass is 9.99. The Morgan fingerprint density at radius 1 is 0.913 bits per heavy atom. The largest absolute Gasteiger partial charge is 0.396 e. The summed E-state index contributed by atoms with van der Waals surface area (Å²) in [6.07, 6.45) is 0. The van der Waals surface area contributed by atoms with Crippen LogP contribution in [0.3, 0.4) is 0 Å². The topological polar surface area (TPSA) is 68.9 Å².